The average Bonchev–Trinajstić information content (AvgIpc) is 2.84. The highest BCUT2D eigenvalue weighted by molar-refractivity contribution is 5.35. The predicted octanol–water partition coefficient (Wildman–Crippen LogP) is 3.13. The van der Waals surface area contributed by atoms with Crippen LogP contribution in [0.5, 0.6) is 0 Å². The van der Waals surface area contributed by atoms with Gasteiger partial charge in [0.05, 0.1) is 17.4 Å². The van der Waals surface area contributed by atoms with Crippen LogP contribution in [0.15, 0.2) is 24.3 Å². The first-order chi connectivity index (χ1) is 9.06. The molecule has 0 spiro atoms. The molecule has 2 aromatic rings. The Morgan fingerprint density at radius 2 is 1.89 bits per heavy atom. The molecule has 0 aliphatic carbocycles. The Morgan fingerprint density at radius 3 is 2.47 bits per heavy atom. The molecule has 0 aliphatic rings. The van der Waals surface area contributed by atoms with Crippen LogP contribution >= 0.6 is 0 Å². The zero-order valence-corrected chi connectivity index (χ0v) is 12.3. The van der Waals surface area contributed by atoms with Crippen molar-refractivity contribution >= 4 is 0 Å². The number of benzene rings is 1. The van der Waals surface area contributed by atoms with E-state index in [-0.39, 0.29) is 6.04 Å². The number of nitrogens with two attached hydrogens (primary N) is 1. The molecule has 19 heavy (non-hydrogen) atoms. The van der Waals surface area contributed by atoms with E-state index in [2.05, 4.69) is 57.1 Å². The first kappa shape index (κ1) is 13.8. The van der Waals surface area contributed by atoms with Gasteiger partial charge in [0.2, 0.25) is 0 Å². The minimum Gasteiger partial charge on any atom is -0.319 e. The van der Waals surface area contributed by atoms with Crippen molar-refractivity contribution in [2.75, 3.05) is 0 Å². The highest BCUT2D eigenvalue weighted by Gasteiger charge is 2.15. The highest BCUT2D eigenvalue weighted by atomic mass is 15.3. The number of rotatable bonds is 4. The van der Waals surface area contributed by atoms with E-state index in [0.717, 1.165) is 29.9 Å². The third-order valence-electron chi connectivity index (χ3n) is 3.73. The molecule has 3 heteroatoms. The second-order valence-electron chi connectivity index (χ2n) is 5.05. The Kier molecular flexibility index (Phi) is 4.05. The first-order valence-corrected chi connectivity index (χ1v) is 6.96. The van der Waals surface area contributed by atoms with Crippen molar-refractivity contribution in [1.29, 1.82) is 0 Å². The minimum atomic E-state index is -0.105. The van der Waals surface area contributed by atoms with Crippen LogP contribution in [0.4, 0.5) is 0 Å². The Morgan fingerprint density at radius 1 is 1.16 bits per heavy atom. The van der Waals surface area contributed by atoms with Gasteiger partial charge in [-0.05, 0) is 49.9 Å². The van der Waals surface area contributed by atoms with Crippen LogP contribution in [0.25, 0.3) is 0 Å². The van der Waals surface area contributed by atoms with Gasteiger partial charge in [0, 0.05) is 6.54 Å². The summed E-state index contributed by atoms with van der Waals surface area (Å²) >= 11 is 0. The molecule has 1 heterocycles. The standard InChI is InChI=1S/C16H23N3/c1-5-14-10-15(19(6-2)18-14)16(17)13-8-7-11(3)12(4)9-13/h7-10,16H,5-6,17H2,1-4H3. The van der Waals surface area contributed by atoms with Crippen molar-refractivity contribution < 1.29 is 0 Å². The van der Waals surface area contributed by atoms with Crippen LogP contribution in [0.3, 0.4) is 0 Å². The summed E-state index contributed by atoms with van der Waals surface area (Å²) in [5.74, 6) is 0. The summed E-state index contributed by atoms with van der Waals surface area (Å²) in [6, 6.07) is 8.46. The molecular formula is C16H23N3. The zero-order chi connectivity index (χ0) is 14.0. The molecule has 0 saturated carbocycles. The SMILES string of the molecule is CCc1cc(C(N)c2ccc(C)c(C)c2)n(CC)n1. The molecule has 102 valence electrons. The van der Waals surface area contributed by atoms with Crippen molar-refractivity contribution in [2.45, 2.75) is 46.7 Å². The van der Waals surface area contributed by atoms with Crippen LogP contribution in [-0.2, 0) is 13.0 Å². The maximum Gasteiger partial charge on any atom is 0.0723 e. The summed E-state index contributed by atoms with van der Waals surface area (Å²) in [6.45, 7) is 9.32. The second-order valence-corrected chi connectivity index (χ2v) is 5.05. The maximum atomic E-state index is 6.42. The summed E-state index contributed by atoms with van der Waals surface area (Å²) < 4.78 is 2.01. The lowest BCUT2D eigenvalue weighted by Crippen LogP contribution is -2.17. The van der Waals surface area contributed by atoms with Crippen molar-refractivity contribution in [3.63, 3.8) is 0 Å². The number of hydrogen-bond acceptors (Lipinski definition) is 2. The van der Waals surface area contributed by atoms with Crippen molar-refractivity contribution in [3.8, 4) is 0 Å². The van der Waals surface area contributed by atoms with E-state index in [1.165, 1.54) is 11.1 Å². The largest absolute Gasteiger partial charge is 0.319 e. The predicted molar refractivity (Wildman–Crippen MR) is 79.2 cm³/mol. The van der Waals surface area contributed by atoms with Crippen LogP contribution in [0, 0.1) is 13.8 Å². The Labute approximate surface area is 115 Å². The molecule has 0 bridgehead atoms. The number of nitrogens with zero attached hydrogens (tertiary/aromatic N) is 2. The average molecular weight is 257 g/mol. The minimum absolute atomic E-state index is 0.105. The lowest BCUT2D eigenvalue weighted by Gasteiger charge is -2.15. The highest BCUT2D eigenvalue weighted by Crippen LogP contribution is 2.23. The van der Waals surface area contributed by atoms with Gasteiger partial charge in [-0.1, -0.05) is 25.1 Å². The second kappa shape index (κ2) is 5.57. The molecule has 0 aliphatic heterocycles. The lowest BCUT2D eigenvalue weighted by atomic mass is 9.99. The first-order valence-electron chi connectivity index (χ1n) is 6.96. The van der Waals surface area contributed by atoms with Gasteiger partial charge in [-0.15, -0.1) is 0 Å². The van der Waals surface area contributed by atoms with Gasteiger partial charge in [-0.2, -0.15) is 5.10 Å². The molecule has 3 nitrogen and oxygen atoms in total. The topological polar surface area (TPSA) is 43.8 Å². The monoisotopic (exact) mass is 257 g/mol. The maximum absolute atomic E-state index is 6.42. The number of hydrogen-bond donors (Lipinski definition) is 1. The quantitative estimate of drug-likeness (QED) is 0.914. The molecular weight excluding hydrogens is 234 g/mol. The van der Waals surface area contributed by atoms with Crippen LogP contribution < -0.4 is 5.73 Å². The third kappa shape index (κ3) is 2.71. The van der Waals surface area contributed by atoms with Crippen molar-refractivity contribution in [1.82, 2.24) is 9.78 Å². The van der Waals surface area contributed by atoms with Gasteiger partial charge < -0.3 is 5.73 Å². The molecule has 1 aromatic heterocycles. The molecule has 1 aromatic carbocycles. The molecule has 0 amide bonds. The van der Waals surface area contributed by atoms with Crippen molar-refractivity contribution in [2.24, 2.45) is 5.73 Å². The van der Waals surface area contributed by atoms with Gasteiger partial charge in [-0.3, -0.25) is 4.68 Å². The summed E-state index contributed by atoms with van der Waals surface area (Å²) in [5, 5.41) is 4.57. The molecule has 2 N–H and O–H groups in total. The summed E-state index contributed by atoms with van der Waals surface area (Å²) in [5.41, 5.74) is 12.4. The van der Waals surface area contributed by atoms with Crippen LogP contribution in [0.1, 0.15) is 48.0 Å². The van der Waals surface area contributed by atoms with E-state index in [1.807, 2.05) is 4.68 Å². The van der Waals surface area contributed by atoms with E-state index in [9.17, 15) is 0 Å². The van der Waals surface area contributed by atoms with E-state index >= 15 is 0 Å². The molecule has 0 radical (unpaired) electrons. The van der Waals surface area contributed by atoms with Gasteiger partial charge in [0.25, 0.3) is 0 Å². The molecule has 1 atom stereocenters. The van der Waals surface area contributed by atoms with E-state index in [1.54, 1.807) is 0 Å². The number of aryl methyl sites for hydroxylation is 4. The smallest absolute Gasteiger partial charge is 0.0723 e. The number of aromatic nitrogens is 2. The summed E-state index contributed by atoms with van der Waals surface area (Å²) in [6.07, 6.45) is 0.944. The van der Waals surface area contributed by atoms with E-state index < -0.39 is 0 Å². The fraction of sp³-hybridized carbons (Fsp3) is 0.438. The molecule has 1 unspecified atom stereocenters. The Bertz CT molecular complexity index is 569. The van der Waals surface area contributed by atoms with Gasteiger partial charge in [-0.25, -0.2) is 0 Å². The van der Waals surface area contributed by atoms with Crippen LogP contribution in [-0.4, -0.2) is 9.78 Å². The Balaban J connectivity index is 2.39. The Hall–Kier alpha value is -1.61. The van der Waals surface area contributed by atoms with E-state index in [4.69, 9.17) is 5.73 Å². The zero-order valence-electron chi connectivity index (χ0n) is 12.3. The van der Waals surface area contributed by atoms with Crippen LogP contribution in [0.2, 0.25) is 0 Å². The molecule has 0 fully saturated rings. The van der Waals surface area contributed by atoms with Crippen molar-refractivity contribution in [3.05, 3.63) is 52.3 Å². The summed E-state index contributed by atoms with van der Waals surface area (Å²) in [7, 11) is 0. The summed E-state index contributed by atoms with van der Waals surface area (Å²) in [4.78, 5) is 0. The lowest BCUT2D eigenvalue weighted by molar-refractivity contribution is 0.595. The van der Waals surface area contributed by atoms with Gasteiger partial charge >= 0.3 is 0 Å². The molecule has 2 rings (SSSR count). The third-order valence-corrected chi connectivity index (χ3v) is 3.73. The fourth-order valence-corrected chi connectivity index (χ4v) is 2.29. The van der Waals surface area contributed by atoms with E-state index in [0.29, 0.717) is 0 Å². The molecule has 0 saturated heterocycles. The van der Waals surface area contributed by atoms with Gasteiger partial charge in [0.1, 0.15) is 0 Å². The van der Waals surface area contributed by atoms with Gasteiger partial charge in [0.15, 0.2) is 0 Å². The fourth-order valence-electron chi connectivity index (χ4n) is 2.29. The normalized spacial score (nSPS) is 12.7.